The molecule has 0 aromatic carbocycles. The van der Waals surface area contributed by atoms with E-state index >= 15 is 0 Å². The molecule has 0 aliphatic carbocycles. The van der Waals surface area contributed by atoms with E-state index in [1.165, 1.54) is 0 Å². The molecule has 0 amide bonds. The van der Waals surface area contributed by atoms with Crippen molar-refractivity contribution in [3.05, 3.63) is 0 Å². The summed E-state index contributed by atoms with van der Waals surface area (Å²) in [6.07, 6.45) is 1.62. The van der Waals surface area contributed by atoms with Gasteiger partial charge in [-0.15, -0.1) is 0 Å². The van der Waals surface area contributed by atoms with Crippen LogP contribution in [0, 0.1) is 0 Å². The number of esters is 1. The van der Waals surface area contributed by atoms with Crippen LogP contribution < -0.4 is 0 Å². The van der Waals surface area contributed by atoms with Gasteiger partial charge in [-0.3, -0.25) is 14.4 Å². The van der Waals surface area contributed by atoms with Gasteiger partial charge in [-0.05, 0) is 20.3 Å². The third-order valence-corrected chi connectivity index (χ3v) is 2.77. The summed E-state index contributed by atoms with van der Waals surface area (Å²) in [7, 11) is 0. The Morgan fingerprint density at radius 1 is 0.952 bits per heavy atom. The Bertz CT molecular complexity index is 382. The van der Waals surface area contributed by atoms with E-state index in [1.54, 1.807) is 34.6 Å². The summed E-state index contributed by atoms with van der Waals surface area (Å²) in [5.74, 6) is -1.84. The van der Waals surface area contributed by atoms with Gasteiger partial charge in [0.2, 0.25) is 5.79 Å². The van der Waals surface area contributed by atoms with Crippen molar-refractivity contribution in [1.29, 1.82) is 0 Å². The first-order valence-corrected chi connectivity index (χ1v) is 7.46. The molecule has 0 heterocycles. The first kappa shape index (κ1) is 19.8. The van der Waals surface area contributed by atoms with Crippen LogP contribution in [-0.2, 0) is 23.9 Å². The molecule has 0 N–H and O–H groups in total. The summed E-state index contributed by atoms with van der Waals surface area (Å²) in [6, 6.07) is 0. The zero-order valence-corrected chi connectivity index (χ0v) is 14.1. The molecule has 0 atom stereocenters. The SMILES string of the molecule is CCCC(=O)CC(C)(C)OC(C)(C)OC(=O)CC(=O)CC. The average molecular weight is 300 g/mol. The monoisotopic (exact) mass is 300 g/mol. The van der Waals surface area contributed by atoms with Gasteiger partial charge in [-0.2, -0.15) is 0 Å². The molecular formula is C16H28O5. The number of hydrogen-bond donors (Lipinski definition) is 0. The van der Waals surface area contributed by atoms with Crippen molar-refractivity contribution in [3.63, 3.8) is 0 Å². The van der Waals surface area contributed by atoms with Crippen LogP contribution in [0.4, 0.5) is 0 Å². The van der Waals surface area contributed by atoms with Crippen LogP contribution in [-0.4, -0.2) is 28.9 Å². The van der Waals surface area contributed by atoms with Crippen LogP contribution in [0.3, 0.4) is 0 Å². The van der Waals surface area contributed by atoms with Gasteiger partial charge in [0.1, 0.15) is 18.0 Å². The first-order chi connectivity index (χ1) is 9.51. The maximum Gasteiger partial charge on any atom is 0.315 e. The molecule has 0 bridgehead atoms. The summed E-state index contributed by atoms with van der Waals surface area (Å²) in [4.78, 5) is 34.6. The van der Waals surface area contributed by atoms with E-state index in [0.29, 0.717) is 12.8 Å². The Hall–Kier alpha value is -1.23. The Morgan fingerprint density at radius 2 is 1.52 bits per heavy atom. The number of carbonyl (C=O) groups is 3. The fourth-order valence-electron chi connectivity index (χ4n) is 2.16. The normalized spacial score (nSPS) is 12.1. The van der Waals surface area contributed by atoms with Crippen molar-refractivity contribution in [1.82, 2.24) is 0 Å². The van der Waals surface area contributed by atoms with Crippen molar-refractivity contribution < 1.29 is 23.9 Å². The number of hydrogen-bond acceptors (Lipinski definition) is 5. The molecule has 0 aromatic rings. The van der Waals surface area contributed by atoms with Crippen LogP contribution >= 0.6 is 0 Å². The van der Waals surface area contributed by atoms with Gasteiger partial charge in [-0.25, -0.2) is 0 Å². The van der Waals surface area contributed by atoms with E-state index in [1.807, 2.05) is 6.92 Å². The van der Waals surface area contributed by atoms with Crippen molar-refractivity contribution in [2.24, 2.45) is 0 Å². The van der Waals surface area contributed by atoms with E-state index in [9.17, 15) is 14.4 Å². The molecule has 122 valence electrons. The highest BCUT2D eigenvalue weighted by molar-refractivity contribution is 5.95. The van der Waals surface area contributed by atoms with Gasteiger partial charge in [0, 0.05) is 33.1 Å². The lowest BCUT2D eigenvalue weighted by atomic mass is 9.99. The largest absolute Gasteiger partial charge is 0.433 e. The second-order valence-corrected chi connectivity index (χ2v) is 6.27. The van der Waals surface area contributed by atoms with Crippen LogP contribution in [0.5, 0.6) is 0 Å². The highest BCUT2D eigenvalue weighted by atomic mass is 16.7. The minimum atomic E-state index is -1.18. The van der Waals surface area contributed by atoms with Crippen molar-refractivity contribution in [2.45, 2.75) is 85.0 Å². The maximum absolute atomic E-state index is 11.7. The van der Waals surface area contributed by atoms with Crippen LogP contribution in [0.1, 0.15) is 73.6 Å². The second kappa shape index (κ2) is 8.27. The lowest BCUT2D eigenvalue weighted by Gasteiger charge is -2.35. The predicted octanol–water partition coefficient (Wildman–Crippen LogP) is 3.19. The highest BCUT2D eigenvalue weighted by Crippen LogP contribution is 2.25. The van der Waals surface area contributed by atoms with E-state index in [-0.39, 0.29) is 24.4 Å². The topological polar surface area (TPSA) is 69.7 Å². The summed E-state index contributed by atoms with van der Waals surface area (Å²) in [5, 5.41) is 0. The van der Waals surface area contributed by atoms with Crippen LogP contribution in [0.25, 0.3) is 0 Å². The fourth-order valence-corrected chi connectivity index (χ4v) is 2.16. The quantitative estimate of drug-likeness (QED) is 0.352. The zero-order valence-electron chi connectivity index (χ0n) is 14.1. The minimum Gasteiger partial charge on any atom is -0.433 e. The summed E-state index contributed by atoms with van der Waals surface area (Å²) in [5.41, 5.74) is -0.731. The molecule has 0 unspecified atom stereocenters. The lowest BCUT2D eigenvalue weighted by Crippen LogP contribution is -2.41. The van der Waals surface area contributed by atoms with Crippen molar-refractivity contribution in [2.75, 3.05) is 0 Å². The Kier molecular flexibility index (Phi) is 7.79. The number of Topliss-reactive ketones (excluding diaryl/α,β-unsaturated/α-hetero) is 2. The minimum absolute atomic E-state index is 0.116. The molecule has 5 heteroatoms. The molecule has 0 saturated carbocycles. The third-order valence-electron chi connectivity index (χ3n) is 2.77. The molecule has 0 spiro atoms. The van der Waals surface area contributed by atoms with E-state index in [2.05, 4.69) is 0 Å². The maximum atomic E-state index is 11.7. The van der Waals surface area contributed by atoms with Crippen LogP contribution in [0.15, 0.2) is 0 Å². The zero-order chi connectivity index (χ0) is 16.7. The Labute approximate surface area is 127 Å². The molecular weight excluding hydrogens is 272 g/mol. The van der Waals surface area contributed by atoms with Crippen molar-refractivity contribution in [3.8, 4) is 0 Å². The lowest BCUT2D eigenvalue weighted by molar-refractivity contribution is -0.252. The molecule has 0 aliphatic heterocycles. The second-order valence-electron chi connectivity index (χ2n) is 6.27. The predicted molar refractivity (Wildman–Crippen MR) is 79.8 cm³/mol. The van der Waals surface area contributed by atoms with Gasteiger partial charge in [0.05, 0.1) is 5.60 Å². The Balaban J connectivity index is 4.53. The fraction of sp³-hybridized carbons (Fsp3) is 0.812. The summed E-state index contributed by atoms with van der Waals surface area (Å²) < 4.78 is 10.9. The van der Waals surface area contributed by atoms with Crippen LogP contribution in [0.2, 0.25) is 0 Å². The Morgan fingerprint density at radius 3 is 2.00 bits per heavy atom. The van der Waals surface area contributed by atoms with Gasteiger partial charge in [-0.1, -0.05) is 13.8 Å². The smallest absolute Gasteiger partial charge is 0.315 e. The number of rotatable bonds is 10. The third kappa shape index (κ3) is 9.34. The highest BCUT2D eigenvalue weighted by Gasteiger charge is 2.33. The number of ketones is 2. The van der Waals surface area contributed by atoms with E-state index < -0.39 is 17.4 Å². The summed E-state index contributed by atoms with van der Waals surface area (Å²) >= 11 is 0. The standard InChI is InChI=1S/C16H28O5/c1-7-9-13(18)11-15(3,4)21-16(5,6)20-14(19)10-12(17)8-2/h7-11H2,1-6H3. The molecule has 0 saturated heterocycles. The van der Waals surface area contributed by atoms with Gasteiger partial charge in [0.25, 0.3) is 0 Å². The van der Waals surface area contributed by atoms with E-state index in [4.69, 9.17) is 9.47 Å². The molecule has 0 aliphatic rings. The van der Waals surface area contributed by atoms with Gasteiger partial charge >= 0.3 is 5.97 Å². The molecule has 0 aromatic heterocycles. The van der Waals surface area contributed by atoms with Gasteiger partial charge < -0.3 is 9.47 Å². The molecule has 0 radical (unpaired) electrons. The molecule has 5 nitrogen and oxygen atoms in total. The molecule has 21 heavy (non-hydrogen) atoms. The van der Waals surface area contributed by atoms with Crippen molar-refractivity contribution >= 4 is 17.5 Å². The molecule has 0 rings (SSSR count). The number of ether oxygens (including phenoxy) is 2. The first-order valence-electron chi connectivity index (χ1n) is 7.46. The van der Waals surface area contributed by atoms with Gasteiger partial charge in [0.15, 0.2) is 0 Å². The number of carbonyl (C=O) groups excluding carboxylic acids is 3. The summed E-state index contributed by atoms with van der Waals surface area (Å²) in [6.45, 7) is 10.4. The molecule has 0 fully saturated rings. The van der Waals surface area contributed by atoms with E-state index in [0.717, 1.165) is 6.42 Å². The average Bonchev–Trinajstić information content (AvgIpc) is 2.24.